The maximum Gasteiger partial charge on any atom is 0.0713 e. The Balaban J connectivity index is 1.77. The van der Waals surface area contributed by atoms with Gasteiger partial charge in [0.05, 0.1) is 12.0 Å². The van der Waals surface area contributed by atoms with Crippen LogP contribution in [-0.4, -0.2) is 18.5 Å². The first-order valence-corrected chi connectivity index (χ1v) is 7.46. The molecule has 2 rings (SSSR count). The van der Waals surface area contributed by atoms with Crippen molar-refractivity contribution in [2.24, 2.45) is 0 Å². The summed E-state index contributed by atoms with van der Waals surface area (Å²) in [4.78, 5) is 2.31. The molecule has 2 heteroatoms. The van der Waals surface area contributed by atoms with Crippen LogP contribution in [-0.2, 0) is 6.54 Å². The molecular formula is C19H22N2. The lowest BCUT2D eigenvalue weighted by molar-refractivity contribution is 0.317. The minimum atomic E-state index is 0.0105. The van der Waals surface area contributed by atoms with E-state index in [2.05, 4.69) is 42.3 Å². The van der Waals surface area contributed by atoms with E-state index in [1.807, 2.05) is 36.4 Å². The summed E-state index contributed by atoms with van der Waals surface area (Å²) in [5, 5.41) is 9.32. The highest BCUT2D eigenvalue weighted by Crippen LogP contribution is 2.20. The van der Waals surface area contributed by atoms with Crippen LogP contribution in [0.25, 0.3) is 0 Å². The summed E-state index contributed by atoms with van der Waals surface area (Å²) >= 11 is 0. The second-order valence-corrected chi connectivity index (χ2v) is 5.46. The zero-order chi connectivity index (χ0) is 14.9. The second kappa shape index (κ2) is 8.24. The van der Waals surface area contributed by atoms with E-state index in [9.17, 15) is 5.26 Å². The molecule has 1 atom stereocenters. The van der Waals surface area contributed by atoms with E-state index in [1.54, 1.807) is 0 Å². The predicted octanol–water partition coefficient (Wildman–Crippen LogP) is 4.21. The lowest BCUT2D eigenvalue weighted by Crippen LogP contribution is -2.19. The van der Waals surface area contributed by atoms with Crippen LogP contribution in [0, 0.1) is 11.3 Å². The van der Waals surface area contributed by atoms with Crippen molar-refractivity contribution in [2.45, 2.75) is 25.3 Å². The molecule has 108 valence electrons. The number of hydrogen-bond acceptors (Lipinski definition) is 2. The molecule has 0 amide bonds. The molecule has 0 spiro atoms. The maximum atomic E-state index is 9.32. The van der Waals surface area contributed by atoms with Crippen molar-refractivity contribution in [3.05, 3.63) is 71.8 Å². The Labute approximate surface area is 127 Å². The number of rotatable bonds is 7. The van der Waals surface area contributed by atoms with Crippen molar-refractivity contribution in [1.29, 1.82) is 5.26 Å². The van der Waals surface area contributed by atoms with Crippen molar-refractivity contribution in [2.75, 3.05) is 13.6 Å². The van der Waals surface area contributed by atoms with E-state index in [0.29, 0.717) is 0 Å². The fraction of sp³-hybridized carbons (Fsp3) is 0.316. The Bertz CT molecular complexity index is 557. The standard InChI is InChI=1S/C19H22N2/c1-21(16-17-9-4-2-5-10-17)14-8-13-19(15-20)18-11-6-3-7-12-18/h2-7,9-12,19H,8,13-14,16H2,1H3. The quantitative estimate of drug-likeness (QED) is 0.758. The Hall–Kier alpha value is -2.11. The molecule has 0 N–H and O–H groups in total. The average molecular weight is 278 g/mol. The van der Waals surface area contributed by atoms with Crippen molar-refractivity contribution in [1.82, 2.24) is 4.90 Å². The van der Waals surface area contributed by atoms with Gasteiger partial charge in [0.1, 0.15) is 0 Å². The van der Waals surface area contributed by atoms with Gasteiger partial charge in [-0.2, -0.15) is 5.26 Å². The highest BCUT2D eigenvalue weighted by atomic mass is 15.1. The van der Waals surface area contributed by atoms with Gasteiger partial charge in [-0.25, -0.2) is 0 Å². The Morgan fingerprint density at radius 3 is 2.24 bits per heavy atom. The monoisotopic (exact) mass is 278 g/mol. The van der Waals surface area contributed by atoms with E-state index in [-0.39, 0.29) is 5.92 Å². The minimum Gasteiger partial charge on any atom is -0.302 e. The average Bonchev–Trinajstić information content (AvgIpc) is 2.53. The molecule has 0 fully saturated rings. The fourth-order valence-corrected chi connectivity index (χ4v) is 2.53. The molecule has 21 heavy (non-hydrogen) atoms. The lowest BCUT2D eigenvalue weighted by Gasteiger charge is -2.17. The molecule has 0 bridgehead atoms. The summed E-state index contributed by atoms with van der Waals surface area (Å²) < 4.78 is 0. The Morgan fingerprint density at radius 2 is 1.62 bits per heavy atom. The first-order valence-electron chi connectivity index (χ1n) is 7.46. The van der Waals surface area contributed by atoms with Crippen molar-refractivity contribution in [3.63, 3.8) is 0 Å². The number of hydrogen-bond donors (Lipinski definition) is 0. The van der Waals surface area contributed by atoms with Crippen molar-refractivity contribution in [3.8, 4) is 6.07 Å². The lowest BCUT2D eigenvalue weighted by atomic mass is 9.96. The van der Waals surface area contributed by atoms with E-state index in [0.717, 1.165) is 31.5 Å². The first-order chi connectivity index (χ1) is 10.3. The SMILES string of the molecule is CN(CCCC(C#N)c1ccccc1)Cc1ccccc1. The molecule has 0 aliphatic heterocycles. The largest absolute Gasteiger partial charge is 0.302 e. The van der Waals surface area contributed by atoms with E-state index in [1.165, 1.54) is 5.56 Å². The molecule has 0 aromatic heterocycles. The molecule has 0 radical (unpaired) electrons. The molecule has 0 saturated carbocycles. The van der Waals surface area contributed by atoms with Crippen LogP contribution in [0.1, 0.15) is 29.9 Å². The third kappa shape index (κ3) is 5.06. The van der Waals surface area contributed by atoms with Crippen LogP contribution in [0.2, 0.25) is 0 Å². The van der Waals surface area contributed by atoms with E-state index >= 15 is 0 Å². The molecule has 0 heterocycles. The topological polar surface area (TPSA) is 27.0 Å². The van der Waals surface area contributed by atoms with Crippen LogP contribution in [0.3, 0.4) is 0 Å². The van der Waals surface area contributed by atoms with Gasteiger partial charge in [-0.3, -0.25) is 0 Å². The summed E-state index contributed by atoms with van der Waals surface area (Å²) in [5.41, 5.74) is 2.46. The maximum absolute atomic E-state index is 9.32. The van der Waals surface area contributed by atoms with Crippen LogP contribution >= 0.6 is 0 Å². The molecule has 2 nitrogen and oxygen atoms in total. The Morgan fingerprint density at radius 1 is 1.00 bits per heavy atom. The van der Waals surface area contributed by atoms with Crippen LogP contribution < -0.4 is 0 Å². The summed E-state index contributed by atoms with van der Waals surface area (Å²) in [7, 11) is 2.14. The molecule has 0 aliphatic rings. The smallest absolute Gasteiger partial charge is 0.0713 e. The van der Waals surface area contributed by atoms with Gasteiger partial charge in [-0.15, -0.1) is 0 Å². The van der Waals surface area contributed by atoms with E-state index in [4.69, 9.17) is 0 Å². The minimum absolute atomic E-state index is 0.0105. The van der Waals surface area contributed by atoms with Gasteiger partial charge in [0.25, 0.3) is 0 Å². The normalized spacial score (nSPS) is 12.0. The van der Waals surface area contributed by atoms with Gasteiger partial charge in [-0.05, 0) is 37.6 Å². The molecule has 2 aromatic carbocycles. The summed E-state index contributed by atoms with van der Waals surface area (Å²) in [6.45, 7) is 1.98. The van der Waals surface area contributed by atoms with Gasteiger partial charge in [0.2, 0.25) is 0 Å². The van der Waals surface area contributed by atoms with Gasteiger partial charge in [0.15, 0.2) is 0 Å². The van der Waals surface area contributed by atoms with Crippen molar-refractivity contribution < 1.29 is 0 Å². The van der Waals surface area contributed by atoms with Gasteiger partial charge >= 0.3 is 0 Å². The zero-order valence-corrected chi connectivity index (χ0v) is 12.6. The fourth-order valence-electron chi connectivity index (χ4n) is 2.53. The molecule has 1 unspecified atom stereocenters. The van der Waals surface area contributed by atoms with E-state index < -0.39 is 0 Å². The van der Waals surface area contributed by atoms with Crippen LogP contribution in [0.15, 0.2) is 60.7 Å². The second-order valence-electron chi connectivity index (χ2n) is 5.46. The third-order valence-electron chi connectivity index (χ3n) is 3.69. The van der Waals surface area contributed by atoms with Gasteiger partial charge in [0, 0.05) is 6.54 Å². The van der Waals surface area contributed by atoms with Gasteiger partial charge in [-0.1, -0.05) is 60.7 Å². The number of nitrogens with zero attached hydrogens (tertiary/aromatic N) is 2. The van der Waals surface area contributed by atoms with Crippen LogP contribution in [0.4, 0.5) is 0 Å². The van der Waals surface area contributed by atoms with Crippen molar-refractivity contribution >= 4 is 0 Å². The van der Waals surface area contributed by atoms with Crippen LogP contribution in [0.5, 0.6) is 0 Å². The summed E-state index contributed by atoms with van der Waals surface area (Å²) in [6.07, 6.45) is 1.95. The third-order valence-corrected chi connectivity index (χ3v) is 3.69. The first kappa shape index (κ1) is 15.3. The number of nitriles is 1. The summed E-state index contributed by atoms with van der Waals surface area (Å²) in [5.74, 6) is 0.0105. The Kier molecular flexibility index (Phi) is 5.99. The van der Waals surface area contributed by atoms with Gasteiger partial charge < -0.3 is 4.90 Å². The molecular weight excluding hydrogens is 256 g/mol. The molecule has 0 aliphatic carbocycles. The highest BCUT2D eigenvalue weighted by molar-refractivity contribution is 5.24. The highest BCUT2D eigenvalue weighted by Gasteiger charge is 2.10. The predicted molar refractivity (Wildman–Crippen MR) is 86.8 cm³/mol. The molecule has 2 aromatic rings. The number of benzene rings is 2. The molecule has 0 saturated heterocycles. The zero-order valence-electron chi connectivity index (χ0n) is 12.6. The summed E-state index contributed by atoms with van der Waals surface area (Å²) in [6, 6.07) is 23.0.